The van der Waals surface area contributed by atoms with E-state index in [4.69, 9.17) is 9.47 Å². The van der Waals surface area contributed by atoms with Gasteiger partial charge in [-0.15, -0.1) is 0 Å². The van der Waals surface area contributed by atoms with Crippen molar-refractivity contribution in [2.75, 3.05) is 19.0 Å². The topological polar surface area (TPSA) is 82.5 Å². The van der Waals surface area contributed by atoms with Gasteiger partial charge in [-0.2, -0.15) is 5.10 Å². The van der Waals surface area contributed by atoms with E-state index in [1.807, 2.05) is 49.4 Å². The molecule has 34 heavy (non-hydrogen) atoms. The minimum atomic E-state index is -0.488. The Morgan fingerprint density at radius 2 is 1.76 bits per heavy atom. The molecule has 4 aromatic rings. The summed E-state index contributed by atoms with van der Waals surface area (Å²) < 4.78 is 12.1. The lowest BCUT2D eigenvalue weighted by Crippen LogP contribution is -2.12. The van der Waals surface area contributed by atoms with Crippen molar-refractivity contribution in [1.29, 1.82) is 0 Å². The number of benzene rings is 3. The first kappa shape index (κ1) is 22.8. The van der Waals surface area contributed by atoms with Gasteiger partial charge in [-0.05, 0) is 67.9 Å². The fraction of sp³-hybridized carbons (Fsp3) is 0.148. The van der Waals surface area contributed by atoms with Gasteiger partial charge in [-0.1, -0.05) is 30.3 Å². The van der Waals surface area contributed by atoms with Crippen LogP contribution < -0.4 is 10.1 Å². The van der Waals surface area contributed by atoms with Gasteiger partial charge in [0, 0.05) is 16.8 Å². The summed E-state index contributed by atoms with van der Waals surface area (Å²) >= 11 is 0. The van der Waals surface area contributed by atoms with Crippen molar-refractivity contribution in [3.8, 4) is 22.7 Å². The van der Waals surface area contributed by atoms with Crippen LogP contribution in [0.1, 0.15) is 33.3 Å². The molecule has 7 heteroatoms. The first-order valence-electron chi connectivity index (χ1n) is 10.9. The number of carbonyl (C=O) groups excluding carboxylic acids is 2. The van der Waals surface area contributed by atoms with E-state index in [1.54, 1.807) is 55.1 Å². The number of aromatic nitrogens is 2. The molecule has 172 valence electrons. The largest absolute Gasteiger partial charge is 0.497 e. The normalized spacial score (nSPS) is 10.6. The highest BCUT2D eigenvalue weighted by molar-refractivity contribution is 6.04. The zero-order valence-corrected chi connectivity index (χ0v) is 19.2. The Bertz CT molecular complexity index is 1340. The Morgan fingerprint density at radius 1 is 0.971 bits per heavy atom. The summed E-state index contributed by atoms with van der Waals surface area (Å²) in [6.45, 7) is 4.01. The molecule has 0 atom stereocenters. The summed E-state index contributed by atoms with van der Waals surface area (Å²) in [4.78, 5) is 25.2. The number of ether oxygens (including phenoxy) is 2. The van der Waals surface area contributed by atoms with E-state index < -0.39 is 5.97 Å². The smallest absolute Gasteiger partial charge is 0.358 e. The van der Waals surface area contributed by atoms with Gasteiger partial charge in [-0.25, -0.2) is 9.48 Å². The average molecular weight is 456 g/mol. The fourth-order valence-electron chi connectivity index (χ4n) is 3.57. The molecule has 1 heterocycles. The van der Waals surface area contributed by atoms with Crippen LogP contribution in [-0.2, 0) is 4.74 Å². The molecule has 0 bridgehead atoms. The monoisotopic (exact) mass is 455 g/mol. The highest BCUT2D eigenvalue weighted by Gasteiger charge is 2.18. The van der Waals surface area contributed by atoms with Gasteiger partial charge in [0.25, 0.3) is 5.91 Å². The summed E-state index contributed by atoms with van der Waals surface area (Å²) in [5.41, 5.74) is 4.68. The van der Waals surface area contributed by atoms with Crippen molar-refractivity contribution in [2.45, 2.75) is 13.8 Å². The molecule has 0 radical (unpaired) electrons. The molecule has 0 aliphatic rings. The van der Waals surface area contributed by atoms with Gasteiger partial charge in [0.05, 0.1) is 25.1 Å². The van der Waals surface area contributed by atoms with Crippen LogP contribution in [0.4, 0.5) is 5.69 Å². The molecule has 7 nitrogen and oxygen atoms in total. The number of carbonyl (C=O) groups is 2. The Hall–Kier alpha value is -4.39. The number of hydrogen-bond acceptors (Lipinski definition) is 5. The van der Waals surface area contributed by atoms with Gasteiger partial charge < -0.3 is 14.8 Å². The molecule has 0 saturated carbocycles. The number of nitrogens with one attached hydrogen (secondary N) is 1. The van der Waals surface area contributed by atoms with Crippen LogP contribution in [0.2, 0.25) is 0 Å². The van der Waals surface area contributed by atoms with Crippen LogP contribution in [0.25, 0.3) is 16.9 Å². The summed E-state index contributed by atoms with van der Waals surface area (Å²) in [7, 11) is 1.56. The second-order valence-corrected chi connectivity index (χ2v) is 7.65. The van der Waals surface area contributed by atoms with Crippen LogP contribution in [-0.4, -0.2) is 35.4 Å². The molecule has 0 unspecified atom stereocenters. The molecule has 1 amide bonds. The maximum atomic E-state index is 12.8. The first-order valence-corrected chi connectivity index (χ1v) is 10.9. The Labute approximate surface area is 197 Å². The predicted octanol–water partition coefficient (Wildman–Crippen LogP) is 5.29. The van der Waals surface area contributed by atoms with Gasteiger partial charge in [0.2, 0.25) is 0 Å². The van der Waals surface area contributed by atoms with Crippen LogP contribution in [0, 0.1) is 6.92 Å². The van der Waals surface area contributed by atoms with Crippen molar-refractivity contribution in [2.24, 2.45) is 0 Å². The van der Waals surface area contributed by atoms with Crippen LogP contribution in [0.5, 0.6) is 5.75 Å². The fourth-order valence-corrected chi connectivity index (χ4v) is 3.57. The number of rotatable bonds is 7. The lowest BCUT2D eigenvalue weighted by Gasteiger charge is -2.11. The summed E-state index contributed by atoms with van der Waals surface area (Å²) in [5, 5.41) is 7.44. The molecule has 0 fully saturated rings. The highest BCUT2D eigenvalue weighted by atomic mass is 16.5. The molecule has 0 aliphatic carbocycles. The molecule has 1 N–H and O–H groups in total. The number of methoxy groups -OCH3 is 1. The van der Waals surface area contributed by atoms with Gasteiger partial charge >= 0.3 is 5.97 Å². The predicted molar refractivity (Wildman–Crippen MR) is 131 cm³/mol. The Balaban J connectivity index is 1.70. The summed E-state index contributed by atoms with van der Waals surface area (Å²) in [5.74, 6) is -0.136. The quantitative estimate of drug-likeness (QED) is 0.383. The van der Waals surface area contributed by atoms with Gasteiger partial charge in [0.15, 0.2) is 5.69 Å². The van der Waals surface area contributed by atoms with Gasteiger partial charge in [-0.3, -0.25) is 4.79 Å². The van der Waals surface area contributed by atoms with Gasteiger partial charge in [0.1, 0.15) is 5.75 Å². The zero-order chi connectivity index (χ0) is 24.1. The van der Waals surface area contributed by atoms with E-state index >= 15 is 0 Å². The molecule has 1 aromatic heterocycles. The van der Waals surface area contributed by atoms with Crippen LogP contribution in [0.3, 0.4) is 0 Å². The number of hydrogen-bond donors (Lipinski definition) is 1. The number of anilines is 1. The maximum Gasteiger partial charge on any atom is 0.358 e. The first-order chi connectivity index (χ1) is 16.5. The summed E-state index contributed by atoms with van der Waals surface area (Å²) in [6, 6.07) is 23.9. The minimum Gasteiger partial charge on any atom is -0.497 e. The van der Waals surface area contributed by atoms with E-state index in [0.717, 1.165) is 16.8 Å². The van der Waals surface area contributed by atoms with E-state index in [9.17, 15) is 9.59 Å². The number of aryl methyl sites for hydroxylation is 1. The third kappa shape index (κ3) is 4.99. The Morgan fingerprint density at radius 3 is 2.53 bits per heavy atom. The third-order valence-electron chi connectivity index (χ3n) is 5.19. The molecule has 0 spiro atoms. The lowest BCUT2D eigenvalue weighted by atomic mass is 10.1. The molecule has 4 rings (SSSR count). The molecule has 0 saturated heterocycles. The van der Waals surface area contributed by atoms with E-state index in [-0.39, 0.29) is 18.2 Å². The molecular formula is C27H25N3O4. The van der Waals surface area contributed by atoms with Crippen molar-refractivity contribution in [3.05, 3.63) is 95.7 Å². The number of esters is 1. The minimum absolute atomic E-state index is 0.212. The third-order valence-corrected chi connectivity index (χ3v) is 5.19. The summed E-state index contributed by atoms with van der Waals surface area (Å²) in [6.07, 6.45) is 0. The van der Waals surface area contributed by atoms with Crippen LogP contribution in [0.15, 0.2) is 78.9 Å². The zero-order valence-electron chi connectivity index (χ0n) is 19.2. The standard InChI is InChI=1S/C27H25N3O4/c1-4-34-27(32)24-17-25(30(29-24)22-12-5-8-18(2)14-22)19-9-6-11-21(15-19)28-26(31)20-10-7-13-23(16-20)33-3/h5-17H,4H2,1-3H3,(H,28,31). The van der Waals surface area contributed by atoms with Crippen LogP contribution >= 0.6 is 0 Å². The highest BCUT2D eigenvalue weighted by Crippen LogP contribution is 2.27. The second kappa shape index (κ2) is 10.0. The Kier molecular flexibility index (Phi) is 6.73. The molecular weight excluding hydrogens is 430 g/mol. The second-order valence-electron chi connectivity index (χ2n) is 7.65. The number of nitrogens with zero attached hydrogens (tertiary/aromatic N) is 2. The van der Waals surface area contributed by atoms with E-state index in [0.29, 0.717) is 22.7 Å². The van der Waals surface area contributed by atoms with Crippen molar-refractivity contribution in [1.82, 2.24) is 9.78 Å². The maximum absolute atomic E-state index is 12.8. The number of amides is 1. The SMILES string of the molecule is CCOC(=O)c1cc(-c2cccc(NC(=O)c3cccc(OC)c3)c2)n(-c2cccc(C)c2)n1. The van der Waals surface area contributed by atoms with Crippen molar-refractivity contribution in [3.63, 3.8) is 0 Å². The molecule has 3 aromatic carbocycles. The molecule has 0 aliphatic heterocycles. The van der Waals surface area contributed by atoms with E-state index in [2.05, 4.69) is 10.4 Å². The van der Waals surface area contributed by atoms with E-state index in [1.165, 1.54) is 0 Å². The van der Waals surface area contributed by atoms with Crippen molar-refractivity contribution < 1.29 is 19.1 Å². The van der Waals surface area contributed by atoms with Crippen molar-refractivity contribution >= 4 is 17.6 Å². The lowest BCUT2D eigenvalue weighted by molar-refractivity contribution is 0.0519. The average Bonchev–Trinajstić information content (AvgIpc) is 3.30.